The van der Waals surface area contributed by atoms with Crippen LogP contribution in [0.2, 0.25) is 0 Å². The Morgan fingerprint density at radius 1 is 0.938 bits per heavy atom. The summed E-state index contributed by atoms with van der Waals surface area (Å²) in [6.07, 6.45) is -0.317. The Morgan fingerprint density at radius 2 is 1.31 bits per heavy atom. The van der Waals surface area contributed by atoms with Crippen LogP contribution in [0.15, 0.2) is 0 Å². The van der Waals surface area contributed by atoms with Crippen LogP contribution in [0.1, 0.15) is 41.0 Å². The summed E-state index contributed by atoms with van der Waals surface area (Å²) in [5.74, 6) is -1.98. The van der Waals surface area contributed by atoms with E-state index in [-0.39, 0.29) is 32.0 Å². The fourth-order valence-electron chi connectivity index (χ4n) is 0.751. The van der Waals surface area contributed by atoms with Gasteiger partial charge in [-0.3, -0.25) is 14.4 Å². The molecule has 0 bridgehead atoms. The van der Waals surface area contributed by atoms with Crippen LogP contribution >= 0.6 is 0 Å². The number of ketones is 2. The number of aliphatic carboxylic acids is 1. The third-order valence-electron chi connectivity index (χ3n) is 2.39. The Kier molecular flexibility index (Phi) is 6.33. The van der Waals surface area contributed by atoms with E-state index in [2.05, 4.69) is 0 Å². The number of carboxylic acids is 1. The van der Waals surface area contributed by atoms with Gasteiger partial charge in [0.2, 0.25) is 0 Å². The van der Waals surface area contributed by atoms with Crippen molar-refractivity contribution < 1.29 is 19.5 Å². The Bertz CT molecular complexity index is 300. The van der Waals surface area contributed by atoms with E-state index >= 15 is 0 Å². The third kappa shape index (κ3) is 4.53. The predicted molar refractivity (Wildman–Crippen MR) is 65.4 cm³/mol. The Labute approximate surface area is 109 Å². The molecule has 0 unspecified atom stereocenters. The molecule has 0 aliphatic heterocycles. The summed E-state index contributed by atoms with van der Waals surface area (Å²) in [4.78, 5) is 33.9. The Balaban J connectivity index is 0. The summed E-state index contributed by atoms with van der Waals surface area (Å²) in [5, 5.41) is 8.80. The fourth-order valence-corrected chi connectivity index (χ4v) is 0.751. The van der Waals surface area contributed by atoms with E-state index in [4.69, 9.17) is 5.11 Å². The van der Waals surface area contributed by atoms with Gasteiger partial charge in [0.1, 0.15) is 11.2 Å². The fraction of sp³-hybridized carbons (Fsp3) is 0.727. The summed E-state index contributed by atoms with van der Waals surface area (Å²) >= 11 is 0. The maximum atomic E-state index is 11.6. The van der Waals surface area contributed by atoms with Crippen molar-refractivity contribution in [3.63, 3.8) is 0 Å². The number of carbonyl (C=O) groups excluding carboxylic acids is 2. The second-order valence-electron chi connectivity index (χ2n) is 5.20. The molecule has 0 radical (unpaired) electrons. The van der Waals surface area contributed by atoms with E-state index in [1.54, 1.807) is 20.8 Å². The first-order valence-corrected chi connectivity index (χ1v) is 4.79. The van der Waals surface area contributed by atoms with Gasteiger partial charge in [0, 0.05) is 5.41 Å². The zero-order valence-electron chi connectivity index (χ0n) is 9.88. The molecule has 0 heterocycles. The van der Waals surface area contributed by atoms with Crippen LogP contribution in [0, 0.1) is 10.8 Å². The Morgan fingerprint density at radius 3 is 1.56 bits per heavy atom. The van der Waals surface area contributed by atoms with Gasteiger partial charge in [0.05, 0.1) is 6.42 Å². The van der Waals surface area contributed by atoms with Crippen molar-refractivity contribution >= 4 is 37.3 Å². The van der Waals surface area contributed by atoms with E-state index in [1.165, 1.54) is 13.8 Å². The van der Waals surface area contributed by atoms with Crippen molar-refractivity contribution in [3.8, 4) is 0 Å². The number of Topliss-reactive ketones (excluding diaryl/α,β-unsaturated/α-hetero) is 2. The van der Waals surface area contributed by atoms with E-state index < -0.39 is 22.6 Å². The molecule has 0 aromatic carbocycles. The number of hydrogen-bond acceptors (Lipinski definition) is 3. The second-order valence-corrected chi connectivity index (χ2v) is 5.20. The summed E-state index contributed by atoms with van der Waals surface area (Å²) in [5.41, 5.74) is -2.09. The summed E-state index contributed by atoms with van der Waals surface area (Å²) in [6, 6.07) is 0. The first-order chi connectivity index (χ1) is 6.49. The van der Waals surface area contributed by atoms with E-state index in [9.17, 15) is 14.4 Å². The van der Waals surface area contributed by atoms with Gasteiger partial charge >= 0.3 is 25.8 Å². The van der Waals surface area contributed by atoms with Crippen LogP contribution in [-0.4, -0.2) is 42.4 Å². The summed E-state index contributed by atoms with van der Waals surface area (Å²) < 4.78 is 0. The van der Waals surface area contributed by atoms with Crippen molar-refractivity contribution in [2.45, 2.75) is 41.0 Å². The van der Waals surface area contributed by atoms with Gasteiger partial charge in [-0.2, -0.15) is 0 Å². The number of carboxylic acid groups (broad SMARTS) is 1. The molecule has 0 saturated heterocycles. The molecule has 16 heavy (non-hydrogen) atoms. The van der Waals surface area contributed by atoms with Crippen LogP contribution in [-0.2, 0) is 14.4 Å². The Hall–Kier alpha value is -0.554. The predicted octanol–water partition coefficient (Wildman–Crippen LogP) is 0.488. The molecule has 0 spiro atoms. The molecular formula is C11H21GaO4. The molecule has 0 aromatic heterocycles. The van der Waals surface area contributed by atoms with Crippen LogP contribution in [0.3, 0.4) is 0 Å². The molecule has 0 aromatic rings. The van der Waals surface area contributed by atoms with E-state index in [0.717, 1.165) is 0 Å². The number of rotatable bonds is 4. The molecular weight excluding hydrogens is 266 g/mol. The monoisotopic (exact) mass is 286 g/mol. The van der Waals surface area contributed by atoms with Gasteiger partial charge in [-0.05, 0) is 13.8 Å². The molecule has 0 aliphatic carbocycles. The van der Waals surface area contributed by atoms with Gasteiger partial charge in [-0.15, -0.1) is 0 Å². The minimum absolute atomic E-state index is 0. The van der Waals surface area contributed by atoms with Gasteiger partial charge in [0.25, 0.3) is 0 Å². The normalized spacial score (nSPS) is 11.6. The minimum atomic E-state index is -1.49. The molecule has 0 amide bonds. The van der Waals surface area contributed by atoms with E-state index in [1.807, 2.05) is 0 Å². The topological polar surface area (TPSA) is 71.4 Å². The zero-order valence-corrected chi connectivity index (χ0v) is 9.88. The SMILES string of the molecule is CC(C)(C)C(=O)CC(=O)C(C)(C)C(=O)O.[GaH3]. The molecule has 0 fully saturated rings. The standard InChI is InChI=1S/C11H18O4.Ga.3H/c1-10(2,3)7(12)6-8(13)11(4,5)9(14)15;;;;/h6H2,1-5H3,(H,14,15);;;;. The molecule has 0 rings (SSSR count). The van der Waals surface area contributed by atoms with Crippen molar-refractivity contribution in [2.75, 3.05) is 0 Å². The molecule has 4 nitrogen and oxygen atoms in total. The van der Waals surface area contributed by atoms with Crippen molar-refractivity contribution in [2.24, 2.45) is 10.8 Å². The van der Waals surface area contributed by atoms with Crippen LogP contribution in [0.4, 0.5) is 0 Å². The third-order valence-corrected chi connectivity index (χ3v) is 2.39. The number of hydrogen-bond donors (Lipinski definition) is 1. The molecule has 0 saturated carbocycles. The van der Waals surface area contributed by atoms with Crippen molar-refractivity contribution in [1.82, 2.24) is 0 Å². The maximum absolute atomic E-state index is 11.6. The molecule has 0 atom stereocenters. The summed E-state index contributed by atoms with van der Waals surface area (Å²) in [7, 11) is 0. The van der Waals surface area contributed by atoms with Crippen LogP contribution in [0.5, 0.6) is 0 Å². The molecule has 5 heteroatoms. The van der Waals surface area contributed by atoms with Crippen LogP contribution in [0.25, 0.3) is 0 Å². The first-order valence-electron chi connectivity index (χ1n) is 4.79. The molecule has 1 N–H and O–H groups in total. The first kappa shape index (κ1) is 17.8. The average Bonchev–Trinajstić information content (AvgIpc) is 2.01. The van der Waals surface area contributed by atoms with Crippen molar-refractivity contribution in [1.29, 1.82) is 0 Å². The van der Waals surface area contributed by atoms with Gasteiger partial charge in [-0.1, -0.05) is 20.8 Å². The average molecular weight is 287 g/mol. The second kappa shape index (κ2) is 5.68. The van der Waals surface area contributed by atoms with Gasteiger partial charge < -0.3 is 5.11 Å². The van der Waals surface area contributed by atoms with Crippen molar-refractivity contribution in [3.05, 3.63) is 0 Å². The molecule has 92 valence electrons. The summed E-state index contributed by atoms with van der Waals surface area (Å²) in [6.45, 7) is 7.74. The molecule has 0 aliphatic rings. The zero-order chi connectivity index (χ0) is 12.4. The number of carbonyl (C=O) groups is 3. The van der Waals surface area contributed by atoms with Gasteiger partial charge in [-0.25, -0.2) is 0 Å². The van der Waals surface area contributed by atoms with E-state index in [0.29, 0.717) is 0 Å². The quantitative estimate of drug-likeness (QED) is 0.603. The van der Waals surface area contributed by atoms with Crippen LogP contribution < -0.4 is 0 Å². The van der Waals surface area contributed by atoms with Gasteiger partial charge in [0.15, 0.2) is 5.78 Å².